The van der Waals surface area contributed by atoms with E-state index in [0.29, 0.717) is 19.3 Å². The molecule has 0 radical (unpaired) electrons. The van der Waals surface area contributed by atoms with Crippen molar-refractivity contribution in [3.05, 3.63) is 0 Å². The Labute approximate surface area is 374 Å². The molecular weight excluding hydrogens is 745 g/mol. The number of rotatable bonds is 49. The Bertz CT molecular complexity index is 905. The minimum Gasteiger partial charge on any atom is -0.462 e. The first-order chi connectivity index (χ1) is 29.4. The molecule has 0 amide bonds. The van der Waals surface area contributed by atoms with Gasteiger partial charge in [0.25, 0.3) is 0 Å². The van der Waals surface area contributed by atoms with Gasteiger partial charge in [0.1, 0.15) is 13.2 Å². The Morgan fingerprint density at radius 1 is 0.333 bits per heavy atom. The lowest BCUT2D eigenvalue weighted by Gasteiger charge is -2.18. The summed E-state index contributed by atoms with van der Waals surface area (Å²) in [5.41, 5.74) is 0. The van der Waals surface area contributed by atoms with Crippen LogP contribution in [0.4, 0.5) is 0 Å². The molecule has 0 spiro atoms. The van der Waals surface area contributed by atoms with E-state index in [0.717, 1.165) is 63.7 Å². The summed E-state index contributed by atoms with van der Waals surface area (Å²) in [5, 5.41) is 0. The summed E-state index contributed by atoms with van der Waals surface area (Å²) in [6, 6.07) is 0. The van der Waals surface area contributed by atoms with Gasteiger partial charge < -0.3 is 14.2 Å². The Morgan fingerprint density at radius 3 is 0.867 bits per heavy atom. The van der Waals surface area contributed by atoms with Crippen LogP contribution in [0.25, 0.3) is 0 Å². The topological polar surface area (TPSA) is 78.9 Å². The van der Waals surface area contributed by atoms with Crippen LogP contribution in [-0.4, -0.2) is 37.2 Å². The number of hydrogen-bond donors (Lipinski definition) is 0. The van der Waals surface area contributed by atoms with Crippen molar-refractivity contribution in [2.75, 3.05) is 13.2 Å². The first kappa shape index (κ1) is 58.4. The third kappa shape index (κ3) is 45.9. The third-order valence-corrected chi connectivity index (χ3v) is 12.7. The predicted molar refractivity (Wildman–Crippen MR) is 257 cm³/mol. The molecule has 60 heavy (non-hydrogen) atoms. The number of carbonyl (C=O) groups is 3. The number of esters is 3. The largest absolute Gasteiger partial charge is 0.462 e. The van der Waals surface area contributed by atoms with E-state index in [4.69, 9.17) is 14.2 Å². The van der Waals surface area contributed by atoms with Gasteiger partial charge in [-0.1, -0.05) is 265 Å². The predicted octanol–water partition coefficient (Wildman–Crippen LogP) is 17.5. The van der Waals surface area contributed by atoms with Gasteiger partial charge in [0.05, 0.1) is 0 Å². The highest BCUT2D eigenvalue weighted by molar-refractivity contribution is 5.71. The minimum atomic E-state index is -0.761. The Balaban J connectivity index is 4.32. The van der Waals surface area contributed by atoms with Crippen LogP contribution in [0.15, 0.2) is 0 Å². The second-order valence-electron chi connectivity index (χ2n) is 18.8. The fourth-order valence-corrected chi connectivity index (χ4v) is 8.19. The first-order valence-electron chi connectivity index (χ1n) is 26.9. The SMILES string of the molecule is CCCCCCCCCCCCCCCCCC(=O)O[C@@H](COC(=O)CCCCCCCCCCCCCCC)COC(=O)CCCCCCCCCCCCC(C)CC. The third-order valence-electron chi connectivity index (χ3n) is 12.7. The standard InChI is InChI=1S/C54H104O6/c1-5-8-10-12-14-16-18-20-21-23-25-31-35-39-43-47-54(57)60-51(48-58-52(55)45-41-37-33-29-24-22-19-17-15-13-11-9-6-2)49-59-53(56)46-42-38-34-30-27-26-28-32-36-40-44-50(4)7-3/h50-51H,5-49H2,1-4H3/t50?,51-/m0/s1. The summed E-state index contributed by atoms with van der Waals surface area (Å²) >= 11 is 0. The summed E-state index contributed by atoms with van der Waals surface area (Å²) in [4.78, 5) is 38.0. The number of unbranched alkanes of at least 4 members (excludes halogenated alkanes) is 35. The van der Waals surface area contributed by atoms with Gasteiger partial charge in [0.2, 0.25) is 0 Å². The first-order valence-corrected chi connectivity index (χ1v) is 26.9. The van der Waals surface area contributed by atoms with Gasteiger partial charge in [0.15, 0.2) is 6.10 Å². The molecule has 0 aromatic rings. The van der Waals surface area contributed by atoms with Crippen LogP contribution < -0.4 is 0 Å². The normalized spacial score (nSPS) is 12.4. The van der Waals surface area contributed by atoms with Crippen LogP contribution >= 0.6 is 0 Å². The highest BCUT2D eigenvalue weighted by Gasteiger charge is 2.19. The van der Waals surface area contributed by atoms with Crippen LogP contribution in [0.3, 0.4) is 0 Å². The second-order valence-corrected chi connectivity index (χ2v) is 18.8. The lowest BCUT2D eigenvalue weighted by atomic mass is 9.99. The number of hydrogen-bond acceptors (Lipinski definition) is 6. The van der Waals surface area contributed by atoms with Crippen molar-refractivity contribution in [2.45, 2.75) is 310 Å². The molecule has 1 unspecified atom stereocenters. The molecule has 6 heteroatoms. The molecule has 0 N–H and O–H groups in total. The molecule has 0 saturated carbocycles. The Morgan fingerprint density at radius 2 is 0.583 bits per heavy atom. The maximum Gasteiger partial charge on any atom is 0.306 e. The molecule has 356 valence electrons. The maximum absolute atomic E-state index is 12.8. The van der Waals surface area contributed by atoms with Crippen molar-refractivity contribution in [1.82, 2.24) is 0 Å². The zero-order valence-corrected chi connectivity index (χ0v) is 40.9. The average molecular weight is 849 g/mol. The van der Waals surface area contributed by atoms with Gasteiger partial charge in [0, 0.05) is 19.3 Å². The van der Waals surface area contributed by atoms with E-state index < -0.39 is 6.10 Å². The van der Waals surface area contributed by atoms with Gasteiger partial charge in [-0.3, -0.25) is 14.4 Å². The molecule has 6 nitrogen and oxygen atoms in total. The molecule has 0 bridgehead atoms. The molecule has 0 fully saturated rings. The van der Waals surface area contributed by atoms with E-state index in [9.17, 15) is 14.4 Å². The van der Waals surface area contributed by atoms with E-state index in [1.54, 1.807) is 0 Å². The highest BCUT2D eigenvalue weighted by atomic mass is 16.6. The summed E-state index contributed by atoms with van der Waals surface area (Å²) < 4.78 is 16.8. The molecule has 0 aliphatic carbocycles. The fourth-order valence-electron chi connectivity index (χ4n) is 8.19. The van der Waals surface area contributed by atoms with Crippen molar-refractivity contribution < 1.29 is 28.6 Å². The van der Waals surface area contributed by atoms with Crippen LogP contribution in [0.2, 0.25) is 0 Å². The van der Waals surface area contributed by atoms with Crippen LogP contribution in [-0.2, 0) is 28.6 Å². The fraction of sp³-hybridized carbons (Fsp3) is 0.944. The van der Waals surface area contributed by atoms with Gasteiger partial charge in [-0.2, -0.15) is 0 Å². The quantitative estimate of drug-likeness (QED) is 0.0345. The second kappa shape index (κ2) is 48.4. The van der Waals surface area contributed by atoms with Gasteiger partial charge in [-0.15, -0.1) is 0 Å². The molecular formula is C54H104O6. The molecule has 0 saturated heterocycles. The molecule has 2 atom stereocenters. The van der Waals surface area contributed by atoms with Crippen molar-refractivity contribution in [3.63, 3.8) is 0 Å². The molecule has 0 heterocycles. The van der Waals surface area contributed by atoms with Crippen molar-refractivity contribution >= 4 is 17.9 Å². The van der Waals surface area contributed by atoms with E-state index in [-0.39, 0.29) is 31.1 Å². The highest BCUT2D eigenvalue weighted by Crippen LogP contribution is 2.18. The van der Waals surface area contributed by atoms with Gasteiger partial charge in [-0.05, 0) is 25.2 Å². The van der Waals surface area contributed by atoms with E-state index in [1.807, 2.05) is 0 Å². The van der Waals surface area contributed by atoms with Crippen LogP contribution in [0.1, 0.15) is 304 Å². The maximum atomic E-state index is 12.8. The molecule has 0 rings (SSSR count). The van der Waals surface area contributed by atoms with Gasteiger partial charge in [-0.25, -0.2) is 0 Å². The van der Waals surface area contributed by atoms with E-state index >= 15 is 0 Å². The van der Waals surface area contributed by atoms with Crippen LogP contribution in [0, 0.1) is 5.92 Å². The lowest BCUT2D eigenvalue weighted by Crippen LogP contribution is -2.30. The summed E-state index contributed by atoms with van der Waals surface area (Å²) in [6.45, 7) is 9.06. The monoisotopic (exact) mass is 849 g/mol. The van der Waals surface area contributed by atoms with Crippen LogP contribution in [0.5, 0.6) is 0 Å². The van der Waals surface area contributed by atoms with E-state index in [2.05, 4.69) is 27.7 Å². The number of ether oxygens (including phenoxy) is 3. The van der Waals surface area contributed by atoms with Crippen molar-refractivity contribution in [1.29, 1.82) is 0 Å². The average Bonchev–Trinajstić information content (AvgIpc) is 3.25. The van der Waals surface area contributed by atoms with Gasteiger partial charge >= 0.3 is 17.9 Å². The summed E-state index contributed by atoms with van der Waals surface area (Å²) in [6.07, 6.45) is 50.7. The molecule has 0 aromatic heterocycles. The number of carbonyl (C=O) groups excluding carboxylic acids is 3. The molecule has 0 aliphatic rings. The smallest absolute Gasteiger partial charge is 0.306 e. The van der Waals surface area contributed by atoms with Crippen molar-refractivity contribution in [2.24, 2.45) is 5.92 Å². The molecule has 0 aliphatic heterocycles. The Hall–Kier alpha value is -1.59. The van der Waals surface area contributed by atoms with E-state index in [1.165, 1.54) is 199 Å². The van der Waals surface area contributed by atoms with Crippen molar-refractivity contribution in [3.8, 4) is 0 Å². The lowest BCUT2D eigenvalue weighted by molar-refractivity contribution is -0.167. The minimum absolute atomic E-state index is 0.0625. The summed E-state index contributed by atoms with van der Waals surface area (Å²) in [7, 11) is 0. The zero-order valence-electron chi connectivity index (χ0n) is 40.9. The Kier molecular flexibility index (Phi) is 47.2. The summed E-state index contributed by atoms with van der Waals surface area (Å²) in [5.74, 6) is 0.0286. The molecule has 0 aromatic carbocycles. The zero-order chi connectivity index (χ0) is 43.8.